The van der Waals surface area contributed by atoms with Crippen molar-refractivity contribution in [2.45, 2.75) is 38.3 Å². The van der Waals surface area contributed by atoms with Gasteiger partial charge in [0.25, 0.3) is 0 Å². The number of amidine groups is 1. The molecule has 114 valence electrons. The molecule has 1 atom stereocenters. The summed E-state index contributed by atoms with van der Waals surface area (Å²) in [6.45, 7) is 4.21. The Kier molecular flexibility index (Phi) is 4.93. The van der Waals surface area contributed by atoms with Crippen LogP contribution >= 0.6 is 11.8 Å². The summed E-state index contributed by atoms with van der Waals surface area (Å²) < 4.78 is 0. The van der Waals surface area contributed by atoms with Gasteiger partial charge in [0.2, 0.25) is 0 Å². The molecule has 0 bridgehead atoms. The maximum atomic E-state index is 11.4. The van der Waals surface area contributed by atoms with Crippen molar-refractivity contribution < 1.29 is 9.90 Å². The van der Waals surface area contributed by atoms with Gasteiger partial charge in [-0.25, -0.2) is 4.79 Å². The second-order valence-electron chi connectivity index (χ2n) is 5.96. The van der Waals surface area contributed by atoms with Gasteiger partial charge in [-0.05, 0) is 44.3 Å². The van der Waals surface area contributed by atoms with Gasteiger partial charge >= 0.3 is 5.97 Å². The van der Waals surface area contributed by atoms with E-state index in [9.17, 15) is 9.90 Å². The van der Waals surface area contributed by atoms with Crippen LogP contribution in [0.2, 0.25) is 0 Å². The molecule has 0 fully saturated rings. The molecule has 2 rings (SSSR count). The lowest BCUT2D eigenvalue weighted by molar-refractivity contribution is -0.138. The van der Waals surface area contributed by atoms with Crippen LogP contribution in [-0.4, -0.2) is 40.5 Å². The number of benzene rings is 1. The van der Waals surface area contributed by atoms with Gasteiger partial charge < -0.3 is 10.4 Å². The maximum absolute atomic E-state index is 11.4. The molecule has 5 heteroatoms. The zero-order valence-electron chi connectivity index (χ0n) is 12.7. The molecule has 0 spiro atoms. The SMILES string of the molecule is CSCCC(N=C1NC(C)(C)Cc2ccccc21)C(=O)O. The number of aliphatic carboxylic acids is 1. The molecular formula is C16H22N2O2S. The largest absolute Gasteiger partial charge is 0.480 e. The first kappa shape index (κ1) is 15.9. The number of aliphatic imine (C=N–C) groups is 1. The molecule has 4 nitrogen and oxygen atoms in total. The van der Waals surface area contributed by atoms with Gasteiger partial charge in [-0.15, -0.1) is 0 Å². The van der Waals surface area contributed by atoms with Crippen molar-refractivity contribution in [1.29, 1.82) is 0 Å². The van der Waals surface area contributed by atoms with Crippen LogP contribution in [0.4, 0.5) is 0 Å². The van der Waals surface area contributed by atoms with E-state index in [4.69, 9.17) is 0 Å². The number of hydrogen-bond donors (Lipinski definition) is 2. The highest BCUT2D eigenvalue weighted by atomic mass is 32.2. The maximum Gasteiger partial charge on any atom is 0.328 e. The molecule has 1 heterocycles. The number of fused-ring (bicyclic) bond motifs is 1. The van der Waals surface area contributed by atoms with Crippen molar-refractivity contribution >= 4 is 23.6 Å². The summed E-state index contributed by atoms with van der Waals surface area (Å²) in [5.41, 5.74) is 2.12. The molecule has 0 aromatic heterocycles. The first-order valence-corrected chi connectivity index (χ1v) is 8.48. The van der Waals surface area contributed by atoms with Gasteiger partial charge in [0.05, 0.1) is 0 Å². The second-order valence-corrected chi connectivity index (χ2v) is 6.94. The van der Waals surface area contributed by atoms with Crippen LogP contribution in [0, 0.1) is 0 Å². The lowest BCUT2D eigenvalue weighted by atomic mass is 9.87. The average Bonchev–Trinajstić information content (AvgIpc) is 2.41. The summed E-state index contributed by atoms with van der Waals surface area (Å²) in [5.74, 6) is 0.633. The number of rotatable bonds is 5. The standard InChI is InChI=1S/C16H22N2O2S/c1-16(2)10-11-6-4-5-7-12(11)14(18-16)17-13(15(19)20)8-9-21-3/h4-7,13H,8-10H2,1-3H3,(H,17,18)(H,19,20). The minimum atomic E-state index is -0.862. The molecule has 0 aliphatic carbocycles. The molecule has 0 radical (unpaired) electrons. The van der Waals surface area contributed by atoms with Crippen LogP contribution in [0.25, 0.3) is 0 Å². The number of thioether (sulfide) groups is 1. The predicted octanol–water partition coefficient (Wildman–Crippen LogP) is 2.56. The molecule has 1 unspecified atom stereocenters. The number of carboxylic acid groups (broad SMARTS) is 1. The Labute approximate surface area is 130 Å². The minimum absolute atomic E-state index is 0.115. The van der Waals surface area contributed by atoms with Crippen LogP contribution in [-0.2, 0) is 11.2 Å². The van der Waals surface area contributed by atoms with Crippen molar-refractivity contribution in [2.24, 2.45) is 4.99 Å². The zero-order valence-corrected chi connectivity index (χ0v) is 13.5. The number of nitrogens with one attached hydrogen (secondary N) is 1. The Morgan fingerprint density at radius 2 is 2.19 bits per heavy atom. The molecule has 2 N–H and O–H groups in total. The highest BCUT2D eigenvalue weighted by Crippen LogP contribution is 2.23. The first-order valence-electron chi connectivity index (χ1n) is 7.09. The first-order chi connectivity index (χ1) is 9.93. The van der Waals surface area contributed by atoms with Crippen LogP contribution in [0.5, 0.6) is 0 Å². The molecule has 0 saturated heterocycles. The number of hydrogen-bond acceptors (Lipinski definition) is 3. The van der Waals surface area contributed by atoms with Gasteiger partial charge in [0, 0.05) is 11.1 Å². The Morgan fingerprint density at radius 3 is 2.86 bits per heavy atom. The van der Waals surface area contributed by atoms with E-state index in [2.05, 4.69) is 30.2 Å². The minimum Gasteiger partial charge on any atom is -0.480 e. The third-order valence-electron chi connectivity index (χ3n) is 3.53. The van der Waals surface area contributed by atoms with Crippen molar-refractivity contribution in [3.05, 3.63) is 35.4 Å². The predicted molar refractivity (Wildman–Crippen MR) is 88.3 cm³/mol. The van der Waals surface area contributed by atoms with Crippen molar-refractivity contribution in [3.8, 4) is 0 Å². The van der Waals surface area contributed by atoms with Gasteiger partial charge in [0.15, 0.2) is 6.04 Å². The van der Waals surface area contributed by atoms with E-state index in [0.717, 1.165) is 17.7 Å². The van der Waals surface area contributed by atoms with Gasteiger partial charge in [-0.3, -0.25) is 4.99 Å². The number of carboxylic acids is 1. The van der Waals surface area contributed by atoms with Crippen LogP contribution in [0.3, 0.4) is 0 Å². The van der Waals surface area contributed by atoms with E-state index in [1.54, 1.807) is 11.8 Å². The van der Waals surface area contributed by atoms with E-state index < -0.39 is 12.0 Å². The Morgan fingerprint density at radius 1 is 1.48 bits per heavy atom. The van der Waals surface area contributed by atoms with Gasteiger partial charge in [0.1, 0.15) is 5.84 Å². The van der Waals surface area contributed by atoms with Crippen molar-refractivity contribution in [1.82, 2.24) is 5.32 Å². The number of carbonyl (C=O) groups is 1. The topological polar surface area (TPSA) is 61.7 Å². The molecular weight excluding hydrogens is 284 g/mol. The van der Waals surface area contributed by atoms with Crippen LogP contribution in [0.1, 0.15) is 31.4 Å². The van der Waals surface area contributed by atoms with Gasteiger partial charge in [-0.1, -0.05) is 24.3 Å². The quantitative estimate of drug-likeness (QED) is 0.877. The lowest BCUT2D eigenvalue weighted by Gasteiger charge is -2.35. The van der Waals surface area contributed by atoms with Crippen LogP contribution in [0.15, 0.2) is 29.3 Å². The second kappa shape index (κ2) is 6.52. The summed E-state index contributed by atoms with van der Waals surface area (Å²) in [5, 5.41) is 12.8. The van der Waals surface area contributed by atoms with Crippen molar-refractivity contribution in [3.63, 3.8) is 0 Å². The highest BCUT2D eigenvalue weighted by Gasteiger charge is 2.29. The third-order valence-corrected chi connectivity index (χ3v) is 4.17. The normalized spacial score (nSPS) is 19.7. The average molecular weight is 306 g/mol. The Balaban J connectivity index is 2.36. The molecule has 1 aliphatic rings. The van der Waals surface area contributed by atoms with E-state index >= 15 is 0 Å². The summed E-state index contributed by atoms with van der Waals surface area (Å²) in [7, 11) is 0. The fourth-order valence-electron chi connectivity index (χ4n) is 2.54. The van der Waals surface area contributed by atoms with E-state index in [-0.39, 0.29) is 5.54 Å². The molecule has 21 heavy (non-hydrogen) atoms. The van der Waals surface area contributed by atoms with E-state index in [0.29, 0.717) is 12.3 Å². The molecule has 0 amide bonds. The summed E-state index contributed by atoms with van der Waals surface area (Å²) in [6, 6.07) is 7.38. The molecule has 1 aliphatic heterocycles. The molecule has 0 saturated carbocycles. The zero-order chi connectivity index (χ0) is 15.5. The smallest absolute Gasteiger partial charge is 0.328 e. The summed E-state index contributed by atoms with van der Waals surface area (Å²) >= 11 is 1.64. The molecule has 1 aromatic carbocycles. The summed E-state index contributed by atoms with van der Waals surface area (Å²) in [4.78, 5) is 15.9. The third kappa shape index (κ3) is 4.00. The lowest BCUT2D eigenvalue weighted by Crippen LogP contribution is -2.50. The fourth-order valence-corrected chi connectivity index (χ4v) is 3.00. The van der Waals surface area contributed by atoms with E-state index in [1.807, 2.05) is 24.5 Å². The monoisotopic (exact) mass is 306 g/mol. The Hall–Kier alpha value is -1.49. The molecule has 1 aromatic rings. The Bertz CT molecular complexity index is 555. The van der Waals surface area contributed by atoms with E-state index in [1.165, 1.54) is 5.56 Å². The fraction of sp³-hybridized carbons (Fsp3) is 0.500. The van der Waals surface area contributed by atoms with Crippen LogP contribution < -0.4 is 5.32 Å². The van der Waals surface area contributed by atoms with Crippen molar-refractivity contribution in [2.75, 3.05) is 12.0 Å². The highest BCUT2D eigenvalue weighted by molar-refractivity contribution is 7.98. The van der Waals surface area contributed by atoms with Gasteiger partial charge in [-0.2, -0.15) is 11.8 Å². The number of nitrogens with zero attached hydrogens (tertiary/aromatic N) is 1. The summed E-state index contributed by atoms with van der Waals surface area (Å²) in [6.07, 6.45) is 3.43.